The molecular formula is C27H37N3O5Si. The van der Waals surface area contributed by atoms with Crippen molar-refractivity contribution < 1.29 is 23.4 Å². The van der Waals surface area contributed by atoms with Gasteiger partial charge >= 0.3 is 6.09 Å². The van der Waals surface area contributed by atoms with Crippen LogP contribution in [0.5, 0.6) is 11.6 Å². The third kappa shape index (κ3) is 6.96. The van der Waals surface area contributed by atoms with Crippen LogP contribution in [0.2, 0.25) is 18.1 Å². The number of carbonyl (C=O) groups excluding carboxylic acids is 1. The molecule has 2 aromatic carbocycles. The van der Waals surface area contributed by atoms with Gasteiger partial charge in [-0.1, -0.05) is 57.2 Å². The van der Waals surface area contributed by atoms with Crippen molar-refractivity contribution in [3.8, 4) is 17.3 Å². The minimum Gasteiger partial charge on any atom is -0.474 e. The number of ether oxygens (including phenoxy) is 3. The number of benzene rings is 2. The van der Waals surface area contributed by atoms with Crippen LogP contribution in [0.3, 0.4) is 0 Å². The second kappa shape index (κ2) is 11.7. The molecule has 3 aromatic rings. The number of rotatable bonds is 10. The standard InChI is InChI=1S/C27H37N3O5Si/c1-20-24(28-26(31)34-22-16-12-9-13-17-22)30(21-14-10-8-11-15-21)29-25(20)33-19-23(18-32-5)35-36(6,7)27(2,3)4/h8-17,23H,18-19H2,1-7H3,(H,28,31)/t23-/m0/s1. The molecule has 1 aromatic heterocycles. The first-order valence-electron chi connectivity index (χ1n) is 12.0. The summed E-state index contributed by atoms with van der Waals surface area (Å²) in [5.41, 5.74) is 1.45. The van der Waals surface area contributed by atoms with E-state index >= 15 is 0 Å². The minimum atomic E-state index is -2.03. The van der Waals surface area contributed by atoms with Gasteiger partial charge in [0.05, 0.1) is 17.9 Å². The monoisotopic (exact) mass is 511 g/mol. The first-order chi connectivity index (χ1) is 17.0. The molecule has 0 aliphatic carbocycles. The van der Waals surface area contributed by atoms with Gasteiger partial charge in [-0.3, -0.25) is 5.32 Å². The highest BCUT2D eigenvalue weighted by molar-refractivity contribution is 6.74. The molecule has 0 saturated heterocycles. The van der Waals surface area contributed by atoms with Gasteiger partial charge in [-0.25, -0.2) is 9.48 Å². The van der Waals surface area contributed by atoms with Gasteiger partial charge in [0, 0.05) is 7.11 Å². The summed E-state index contributed by atoms with van der Waals surface area (Å²) in [6.07, 6.45) is -0.872. The smallest absolute Gasteiger partial charge is 0.418 e. The number of hydrogen-bond donors (Lipinski definition) is 1. The molecule has 0 spiro atoms. The Labute approximate surface area is 214 Å². The van der Waals surface area contributed by atoms with Crippen molar-refractivity contribution in [2.45, 2.75) is 51.9 Å². The Morgan fingerprint density at radius 2 is 1.64 bits per heavy atom. The summed E-state index contributed by atoms with van der Waals surface area (Å²) in [5.74, 6) is 1.31. The summed E-state index contributed by atoms with van der Waals surface area (Å²) in [6.45, 7) is 13.5. The molecule has 0 bridgehead atoms. The number of amides is 1. The molecule has 0 radical (unpaired) electrons. The Bertz CT molecular complexity index is 1130. The van der Waals surface area contributed by atoms with E-state index in [1.54, 1.807) is 36.1 Å². The molecule has 1 atom stereocenters. The molecule has 0 unspecified atom stereocenters. The molecule has 1 amide bonds. The molecule has 9 heteroatoms. The van der Waals surface area contributed by atoms with E-state index in [0.717, 1.165) is 5.69 Å². The fourth-order valence-corrected chi connectivity index (χ4v) is 4.62. The Kier molecular flexibility index (Phi) is 8.94. The predicted molar refractivity (Wildman–Crippen MR) is 144 cm³/mol. The van der Waals surface area contributed by atoms with E-state index in [4.69, 9.17) is 18.6 Å². The number of para-hydroxylation sites is 2. The average Bonchev–Trinajstić information content (AvgIpc) is 3.13. The third-order valence-electron chi connectivity index (χ3n) is 6.28. The number of aromatic nitrogens is 2. The van der Waals surface area contributed by atoms with Crippen LogP contribution in [-0.2, 0) is 9.16 Å². The molecule has 1 heterocycles. The van der Waals surface area contributed by atoms with Crippen LogP contribution >= 0.6 is 0 Å². The molecular weight excluding hydrogens is 474 g/mol. The molecule has 0 fully saturated rings. The number of hydrogen-bond acceptors (Lipinski definition) is 6. The third-order valence-corrected chi connectivity index (χ3v) is 10.8. The van der Waals surface area contributed by atoms with E-state index in [0.29, 0.717) is 29.6 Å². The van der Waals surface area contributed by atoms with Gasteiger partial charge in [-0.05, 0) is 49.3 Å². The quantitative estimate of drug-likeness (QED) is 0.326. The number of carbonyl (C=O) groups is 1. The summed E-state index contributed by atoms with van der Waals surface area (Å²) in [7, 11) is -0.383. The van der Waals surface area contributed by atoms with Crippen LogP contribution < -0.4 is 14.8 Å². The lowest BCUT2D eigenvalue weighted by atomic mass is 10.2. The van der Waals surface area contributed by atoms with Crippen molar-refractivity contribution in [1.29, 1.82) is 0 Å². The molecule has 0 aliphatic rings. The van der Waals surface area contributed by atoms with E-state index in [-0.39, 0.29) is 17.7 Å². The van der Waals surface area contributed by atoms with E-state index in [1.807, 2.05) is 43.3 Å². The van der Waals surface area contributed by atoms with Crippen LogP contribution in [0.25, 0.3) is 5.69 Å². The first-order valence-corrected chi connectivity index (χ1v) is 14.9. The van der Waals surface area contributed by atoms with Crippen LogP contribution in [-0.4, -0.2) is 50.6 Å². The number of anilines is 1. The van der Waals surface area contributed by atoms with Gasteiger partial charge in [-0.2, -0.15) is 0 Å². The van der Waals surface area contributed by atoms with Crippen molar-refractivity contribution >= 4 is 20.2 Å². The second-order valence-electron chi connectivity index (χ2n) is 10.1. The molecule has 36 heavy (non-hydrogen) atoms. The highest BCUT2D eigenvalue weighted by Crippen LogP contribution is 2.37. The van der Waals surface area contributed by atoms with Gasteiger partial charge in [-0.15, -0.1) is 5.10 Å². The Morgan fingerprint density at radius 3 is 2.22 bits per heavy atom. The lowest BCUT2D eigenvalue weighted by Gasteiger charge is -2.39. The fourth-order valence-electron chi connectivity index (χ4n) is 3.30. The van der Waals surface area contributed by atoms with E-state index in [1.165, 1.54) is 0 Å². The molecule has 3 rings (SSSR count). The Balaban J connectivity index is 1.83. The van der Waals surface area contributed by atoms with Crippen molar-refractivity contribution in [1.82, 2.24) is 9.78 Å². The molecule has 1 N–H and O–H groups in total. The topological polar surface area (TPSA) is 83.8 Å². The van der Waals surface area contributed by atoms with Crippen molar-refractivity contribution in [2.75, 3.05) is 25.6 Å². The van der Waals surface area contributed by atoms with Crippen LogP contribution in [0.15, 0.2) is 60.7 Å². The highest BCUT2D eigenvalue weighted by Gasteiger charge is 2.39. The van der Waals surface area contributed by atoms with Gasteiger partial charge in [0.1, 0.15) is 24.3 Å². The van der Waals surface area contributed by atoms with E-state index < -0.39 is 14.4 Å². The Morgan fingerprint density at radius 1 is 1.03 bits per heavy atom. The fraction of sp³-hybridized carbons (Fsp3) is 0.407. The second-order valence-corrected chi connectivity index (χ2v) is 14.9. The van der Waals surface area contributed by atoms with E-state index in [2.05, 4.69) is 44.3 Å². The average molecular weight is 512 g/mol. The summed E-state index contributed by atoms with van der Waals surface area (Å²) in [5, 5.41) is 7.54. The molecule has 8 nitrogen and oxygen atoms in total. The van der Waals surface area contributed by atoms with E-state index in [9.17, 15) is 4.79 Å². The number of nitrogens with one attached hydrogen (secondary N) is 1. The zero-order valence-electron chi connectivity index (χ0n) is 22.2. The maximum Gasteiger partial charge on any atom is 0.418 e. The lowest BCUT2D eigenvalue weighted by Crippen LogP contribution is -2.46. The highest BCUT2D eigenvalue weighted by atomic mass is 28.4. The van der Waals surface area contributed by atoms with Gasteiger partial charge in [0.25, 0.3) is 0 Å². The summed E-state index contributed by atoms with van der Waals surface area (Å²) in [4.78, 5) is 12.7. The van der Waals surface area contributed by atoms with Crippen LogP contribution in [0, 0.1) is 6.92 Å². The minimum absolute atomic E-state index is 0.0556. The van der Waals surface area contributed by atoms with Gasteiger partial charge in [0.2, 0.25) is 5.88 Å². The molecule has 0 aliphatic heterocycles. The number of methoxy groups -OCH3 is 1. The summed E-state index contributed by atoms with van der Waals surface area (Å²) < 4.78 is 25.1. The van der Waals surface area contributed by atoms with Crippen molar-refractivity contribution in [2.24, 2.45) is 0 Å². The predicted octanol–water partition coefficient (Wildman–Crippen LogP) is 6.21. The summed E-state index contributed by atoms with van der Waals surface area (Å²) >= 11 is 0. The van der Waals surface area contributed by atoms with Gasteiger partial charge in [0.15, 0.2) is 8.32 Å². The SMILES string of the molecule is COC[C@@H](COc1nn(-c2ccccc2)c(NC(=O)Oc2ccccc2)c1C)O[Si](C)(C)C(C)(C)C. The van der Waals surface area contributed by atoms with Gasteiger partial charge < -0.3 is 18.6 Å². The first kappa shape index (κ1) is 27.4. The maximum atomic E-state index is 12.7. The largest absolute Gasteiger partial charge is 0.474 e. The van der Waals surface area contributed by atoms with Crippen LogP contribution in [0.4, 0.5) is 10.6 Å². The summed E-state index contributed by atoms with van der Waals surface area (Å²) in [6, 6.07) is 18.4. The maximum absolute atomic E-state index is 12.7. The lowest BCUT2D eigenvalue weighted by molar-refractivity contribution is 0.0384. The zero-order chi connectivity index (χ0) is 26.3. The van der Waals surface area contributed by atoms with Crippen molar-refractivity contribution in [3.05, 3.63) is 66.2 Å². The molecule has 0 saturated carbocycles. The normalized spacial score (nSPS) is 12.8. The van der Waals surface area contributed by atoms with Crippen molar-refractivity contribution in [3.63, 3.8) is 0 Å². The Hall–Kier alpha value is -3.14. The zero-order valence-corrected chi connectivity index (χ0v) is 23.2. The van der Waals surface area contributed by atoms with Crippen LogP contribution in [0.1, 0.15) is 26.3 Å². The molecule has 194 valence electrons. The number of nitrogens with zero attached hydrogens (tertiary/aromatic N) is 2.